The summed E-state index contributed by atoms with van der Waals surface area (Å²) >= 11 is 0. The van der Waals surface area contributed by atoms with E-state index in [9.17, 15) is 0 Å². The van der Waals surface area contributed by atoms with E-state index in [0.29, 0.717) is 11.5 Å². The van der Waals surface area contributed by atoms with Crippen LogP contribution in [-0.2, 0) is 5.41 Å². The second-order valence-corrected chi connectivity index (χ2v) is 8.40. The first-order chi connectivity index (χ1) is 9.15. The number of hydrogen-bond donors (Lipinski definition) is 0. The molecule has 0 spiro atoms. The third kappa shape index (κ3) is 4.05. The van der Waals surface area contributed by atoms with E-state index in [1.807, 2.05) is 0 Å². The summed E-state index contributed by atoms with van der Waals surface area (Å²) in [6.45, 7) is 17.0. The van der Waals surface area contributed by atoms with Gasteiger partial charge in [0.15, 0.2) is 0 Å². The zero-order valence-corrected chi connectivity index (χ0v) is 14.0. The van der Waals surface area contributed by atoms with Crippen molar-refractivity contribution in [3.8, 4) is 0 Å². The molecule has 1 aromatic rings. The summed E-state index contributed by atoms with van der Waals surface area (Å²) in [7, 11) is 0. The van der Waals surface area contributed by atoms with Crippen molar-refractivity contribution in [1.29, 1.82) is 0 Å². The molecule has 0 amide bonds. The van der Waals surface area contributed by atoms with Gasteiger partial charge in [0.2, 0.25) is 0 Å². The van der Waals surface area contributed by atoms with Gasteiger partial charge in [0.25, 0.3) is 0 Å². The SMILES string of the molecule is CC(C)(C)CN1CCC(n2cc(C(C)(C)C)nn2)CC1. The predicted molar refractivity (Wildman–Crippen MR) is 82.9 cm³/mol. The van der Waals surface area contributed by atoms with Gasteiger partial charge in [-0.2, -0.15) is 0 Å². The van der Waals surface area contributed by atoms with Gasteiger partial charge in [0, 0.05) is 31.2 Å². The highest BCUT2D eigenvalue weighted by atomic mass is 15.4. The molecule has 2 heterocycles. The number of nitrogens with zero attached hydrogens (tertiary/aromatic N) is 4. The van der Waals surface area contributed by atoms with Gasteiger partial charge in [-0.05, 0) is 18.3 Å². The quantitative estimate of drug-likeness (QED) is 0.832. The summed E-state index contributed by atoms with van der Waals surface area (Å²) in [5.41, 5.74) is 1.57. The van der Waals surface area contributed by atoms with Crippen LogP contribution in [0.2, 0.25) is 0 Å². The van der Waals surface area contributed by atoms with Crippen LogP contribution < -0.4 is 0 Å². The fourth-order valence-corrected chi connectivity index (χ4v) is 2.81. The molecule has 0 bridgehead atoms. The topological polar surface area (TPSA) is 34.0 Å². The molecule has 1 saturated heterocycles. The smallest absolute Gasteiger partial charge is 0.0880 e. The molecule has 0 aromatic carbocycles. The minimum Gasteiger partial charge on any atom is -0.303 e. The highest BCUT2D eigenvalue weighted by molar-refractivity contribution is 5.06. The van der Waals surface area contributed by atoms with E-state index < -0.39 is 0 Å². The summed E-state index contributed by atoms with van der Waals surface area (Å²) in [5, 5.41) is 8.69. The summed E-state index contributed by atoms with van der Waals surface area (Å²) in [4.78, 5) is 2.58. The highest BCUT2D eigenvalue weighted by Gasteiger charge is 2.26. The summed E-state index contributed by atoms with van der Waals surface area (Å²) in [5.74, 6) is 0. The zero-order chi connectivity index (χ0) is 15.0. The number of aromatic nitrogens is 3. The molecule has 0 radical (unpaired) electrons. The lowest BCUT2D eigenvalue weighted by Crippen LogP contribution is -2.39. The molecule has 4 heteroatoms. The third-order valence-electron chi connectivity index (χ3n) is 3.91. The lowest BCUT2D eigenvalue weighted by atomic mass is 9.93. The Morgan fingerprint density at radius 2 is 1.70 bits per heavy atom. The van der Waals surface area contributed by atoms with Crippen molar-refractivity contribution in [2.24, 2.45) is 5.41 Å². The van der Waals surface area contributed by atoms with Gasteiger partial charge in [-0.1, -0.05) is 46.8 Å². The summed E-state index contributed by atoms with van der Waals surface area (Å²) in [6, 6.07) is 0.523. The van der Waals surface area contributed by atoms with E-state index in [-0.39, 0.29) is 5.41 Å². The van der Waals surface area contributed by atoms with Crippen molar-refractivity contribution in [3.63, 3.8) is 0 Å². The average Bonchev–Trinajstić information content (AvgIpc) is 2.76. The second kappa shape index (κ2) is 5.47. The van der Waals surface area contributed by atoms with Gasteiger partial charge in [-0.15, -0.1) is 5.10 Å². The molecule has 0 aliphatic carbocycles. The maximum Gasteiger partial charge on any atom is 0.0880 e. The van der Waals surface area contributed by atoms with E-state index in [0.717, 1.165) is 5.69 Å². The maximum absolute atomic E-state index is 4.35. The average molecular weight is 278 g/mol. The molecular weight excluding hydrogens is 248 g/mol. The monoisotopic (exact) mass is 278 g/mol. The first-order valence-electron chi connectivity index (χ1n) is 7.80. The Morgan fingerprint density at radius 1 is 1.10 bits per heavy atom. The molecule has 1 aliphatic rings. The Kier molecular flexibility index (Phi) is 4.24. The molecule has 0 saturated carbocycles. The second-order valence-electron chi connectivity index (χ2n) is 8.40. The summed E-state index contributed by atoms with van der Waals surface area (Å²) < 4.78 is 2.09. The normalized spacial score (nSPS) is 19.5. The lowest BCUT2D eigenvalue weighted by molar-refractivity contribution is 0.134. The van der Waals surface area contributed by atoms with E-state index in [2.05, 4.69) is 67.6 Å². The number of rotatable bonds is 2. The van der Waals surface area contributed by atoms with Crippen LogP contribution in [0, 0.1) is 5.41 Å². The van der Waals surface area contributed by atoms with Crippen molar-refractivity contribution in [3.05, 3.63) is 11.9 Å². The van der Waals surface area contributed by atoms with Crippen LogP contribution in [-0.4, -0.2) is 39.5 Å². The molecule has 1 aliphatic heterocycles. The first-order valence-corrected chi connectivity index (χ1v) is 7.80. The van der Waals surface area contributed by atoms with E-state index in [4.69, 9.17) is 0 Å². The Morgan fingerprint density at radius 3 is 2.15 bits per heavy atom. The fourth-order valence-electron chi connectivity index (χ4n) is 2.81. The van der Waals surface area contributed by atoms with Crippen LogP contribution in [0.25, 0.3) is 0 Å². The Hall–Kier alpha value is -0.900. The van der Waals surface area contributed by atoms with Crippen molar-refractivity contribution >= 4 is 0 Å². The van der Waals surface area contributed by atoms with Crippen molar-refractivity contribution in [2.75, 3.05) is 19.6 Å². The van der Waals surface area contributed by atoms with E-state index in [1.165, 1.54) is 32.5 Å². The number of likely N-dealkylation sites (tertiary alicyclic amines) is 1. The molecule has 0 atom stereocenters. The Balaban J connectivity index is 1.92. The molecule has 1 fully saturated rings. The standard InChI is InChI=1S/C16H30N4/c1-15(2,3)12-19-9-7-13(8-10-19)20-11-14(17-18-20)16(4,5)6/h11,13H,7-10,12H2,1-6H3. The molecule has 114 valence electrons. The van der Waals surface area contributed by atoms with Crippen molar-refractivity contribution < 1.29 is 0 Å². The molecule has 2 rings (SSSR count). The molecule has 0 N–H and O–H groups in total. The van der Waals surface area contributed by atoms with Gasteiger partial charge in [0.1, 0.15) is 0 Å². The minimum atomic E-state index is 0.0885. The Labute approximate surface area is 123 Å². The number of hydrogen-bond acceptors (Lipinski definition) is 3. The van der Waals surface area contributed by atoms with Gasteiger partial charge in [0.05, 0.1) is 11.7 Å². The van der Waals surface area contributed by atoms with Crippen molar-refractivity contribution in [2.45, 2.75) is 65.8 Å². The van der Waals surface area contributed by atoms with Gasteiger partial charge in [-0.25, -0.2) is 4.68 Å². The highest BCUT2D eigenvalue weighted by Crippen LogP contribution is 2.26. The number of piperidine rings is 1. The first kappa shape index (κ1) is 15.5. The molecule has 0 unspecified atom stereocenters. The van der Waals surface area contributed by atoms with Gasteiger partial charge in [-0.3, -0.25) is 0 Å². The van der Waals surface area contributed by atoms with Crippen LogP contribution in [0.1, 0.15) is 66.1 Å². The third-order valence-corrected chi connectivity index (χ3v) is 3.91. The van der Waals surface area contributed by atoms with Crippen LogP contribution in [0.3, 0.4) is 0 Å². The van der Waals surface area contributed by atoms with E-state index >= 15 is 0 Å². The van der Waals surface area contributed by atoms with Gasteiger partial charge >= 0.3 is 0 Å². The molecular formula is C16H30N4. The van der Waals surface area contributed by atoms with Crippen molar-refractivity contribution in [1.82, 2.24) is 19.9 Å². The maximum atomic E-state index is 4.35. The Bertz CT molecular complexity index is 428. The fraction of sp³-hybridized carbons (Fsp3) is 0.875. The van der Waals surface area contributed by atoms with Crippen LogP contribution in [0.4, 0.5) is 0 Å². The van der Waals surface area contributed by atoms with Crippen LogP contribution >= 0.6 is 0 Å². The minimum absolute atomic E-state index is 0.0885. The predicted octanol–water partition coefficient (Wildman–Crippen LogP) is 3.26. The summed E-state index contributed by atoms with van der Waals surface area (Å²) in [6.07, 6.45) is 4.51. The van der Waals surface area contributed by atoms with Crippen LogP contribution in [0.15, 0.2) is 6.20 Å². The van der Waals surface area contributed by atoms with E-state index in [1.54, 1.807) is 0 Å². The van der Waals surface area contributed by atoms with Crippen LogP contribution in [0.5, 0.6) is 0 Å². The van der Waals surface area contributed by atoms with Gasteiger partial charge < -0.3 is 4.90 Å². The largest absolute Gasteiger partial charge is 0.303 e. The molecule has 4 nitrogen and oxygen atoms in total. The zero-order valence-electron chi connectivity index (χ0n) is 14.0. The molecule has 20 heavy (non-hydrogen) atoms. The lowest BCUT2D eigenvalue weighted by Gasteiger charge is -2.35. The molecule has 1 aromatic heterocycles.